The van der Waals surface area contributed by atoms with E-state index in [0.29, 0.717) is 37.6 Å². The van der Waals surface area contributed by atoms with Gasteiger partial charge in [-0.15, -0.1) is 0 Å². The van der Waals surface area contributed by atoms with Crippen molar-refractivity contribution in [1.29, 1.82) is 0 Å². The molecule has 2 aromatic carbocycles. The highest BCUT2D eigenvalue weighted by molar-refractivity contribution is 8.27. The summed E-state index contributed by atoms with van der Waals surface area (Å²) in [6.07, 6.45) is 1.56. The van der Waals surface area contributed by atoms with Crippen molar-refractivity contribution >= 4 is 57.6 Å². The monoisotopic (exact) mass is 466 g/mol. The average Bonchev–Trinajstić information content (AvgIpc) is 3.37. The number of anilines is 1. The molecule has 10 heteroatoms. The topological polar surface area (TPSA) is 103 Å². The normalized spacial score (nSPS) is 14.8. The summed E-state index contributed by atoms with van der Waals surface area (Å²) in [5.74, 6) is 0.0104. The maximum absolute atomic E-state index is 12.9. The van der Waals surface area contributed by atoms with Crippen molar-refractivity contribution in [3.05, 3.63) is 87.0 Å². The standard InChI is InChI=1S/C22H14N2O6S2/c1-29-21(26)17-5-3-2-4-16(17)18-11-10-15(30-18)12-19-20(25)23(22(31)32-19)13-6-8-14(9-7-13)24(27)28/h2-12H,1H3/b19-12+. The third-order valence-corrected chi connectivity index (χ3v) is 5.91. The van der Waals surface area contributed by atoms with Gasteiger partial charge in [0.25, 0.3) is 11.6 Å². The number of nitro groups is 1. The van der Waals surface area contributed by atoms with E-state index in [2.05, 4.69) is 0 Å². The number of nitrogens with zero attached hydrogens (tertiary/aromatic N) is 2. The van der Waals surface area contributed by atoms with E-state index in [1.807, 2.05) is 0 Å². The second kappa shape index (κ2) is 8.77. The summed E-state index contributed by atoms with van der Waals surface area (Å²) in [7, 11) is 1.31. The molecule has 0 saturated carbocycles. The Labute approximate surface area is 191 Å². The third-order valence-electron chi connectivity index (χ3n) is 4.61. The molecule has 1 saturated heterocycles. The lowest BCUT2D eigenvalue weighted by Gasteiger charge is -2.13. The predicted octanol–water partition coefficient (Wildman–Crippen LogP) is 5.05. The summed E-state index contributed by atoms with van der Waals surface area (Å²) >= 11 is 6.43. The molecule has 0 radical (unpaired) electrons. The first-order valence-electron chi connectivity index (χ1n) is 9.19. The van der Waals surface area contributed by atoms with Gasteiger partial charge in [-0.25, -0.2) is 4.79 Å². The Morgan fingerprint density at radius 3 is 2.56 bits per heavy atom. The quantitative estimate of drug-likeness (QED) is 0.169. The number of non-ortho nitro benzene ring substituents is 1. The molecule has 1 aliphatic rings. The number of thioether (sulfide) groups is 1. The summed E-state index contributed by atoms with van der Waals surface area (Å²) < 4.78 is 11.0. The highest BCUT2D eigenvalue weighted by Crippen LogP contribution is 2.37. The molecule has 1 aromatic heterocycles. The van der Waals surface area contributed by atoms with E-state index in [9.17, 15) is 19.7 Å². The molecule has 3 aromatic rings. The van der Waals surface area contributed by atoms with Gasteiger partial charge in [0.1, 0.15) is 11.5 Å². The highest BCUT2D eigenvalue weighted by atomic mass is 32.2. The van der Waals surface area contributed by atoms with Crippen LogP contribution in [-0.4, -0.2) is 28.2 Å². The van der Waals surface area contributed by atoms with Crippen molar-refractivity contribution < 1.29 is 23.7 Å². The Balaban J connectivity index is 1.60. The first-order valence-corrected chi connectivity index (χ1v) is 10.4. The van der Waals surface area contributed by atoms with Crippen LogP contribution in [0.5, 0.6) is 0 Å². The largest absolute Gasteiger partial charge is 0.465 e. The average molecular weight is 466 g/mol. The van der Waals surface area contributed by atoms with Crippen LogP contribution in [0, 0.1) is 10.1 Å². The van der Waals surface area contributed by atoms with Crippen LogP contribution in [0.3, 0.4) is 0 Å². The number of hydrogen-bond acceptors (Lipinski definition) is 8. The smallest absolute Gasteiger partial charge is 0.338 e. The number of carbonyl (C=O) groups excluding carboxylic acids is 2. The number of amides is 1. The molecule has 0 aliphatic carbocycles. The molecule has 8 nitrogen and oxygen atoms in total. The molecule has 1 fully saturated rings. The lowest BCUT2D eigenvalue weighted by molar-refractivity contribution is -0.384. The lowest BCUT2D eigenvalue weighted by Crippen LogP contribution is -2.27. The first kappa shape index (κ1) is 21.5. The third kappa shape index (κ3) is 4.05. The van der Waals surface area contributed by atoms with Gasteiger partial charge in [-0.05, 0) is 30.3 Å². The molecule has 0 bridgehead atoms. The van der Waals surface area contributed by atoms with Crippen LogP contribution in [0.15, 0.2) is 70.0 Å². The van der Waals surface area contributed by atoms with Crippen molar-refractivity contribution in [1.82, 2.24) is 0 Å². The van der Waals surface area contributed by atoms with Gasteiger partial charge in [-0.1, -0.05) is 42.2 Å². The van der Waals surface area contributed by atoms with Crippen molar-refractivity contribution in [2.75, 3.05) is 12.0 Å². The number of rotatable bonds is 5. The molecule has 0 atom stereocenters. The summed E-state index contributed by atoms with van der Waals surface area (Å²) in [5, 5.41) is 10.8. The van der Waals surface area contributed by atoms with Crippen LogP contribution >= 0.6 is 24.0 Å². The minimum absolute atomic E-state index is 0.0786. The molecule has 4 rings (SSSR count). The van der Waals surface area contributed by atoms with Crippen molar-refractivity contribution in [3.8, 4) is 11.3 Å². The van der Waals surface area contributed by atoms with E-state index < -0.39 is 10.9 Å². The number of ether oxygens (including phenoxy) is 1. The van der Waals surface area contributed by atoms with Crippen molar-refractivity contribution in [2.24, 2.45) is 0 Å². The van der Waals surface area contributed by atoms with E-state index in [1.165, 1.54) is 36.3 Å². The molecule has 1 amide bonds. The molecule has 32 heavy (non-hydrogen) atoms. The number of carbonyl (C=O) groups is 2. The molecule has 160 valence electrons. The minimum atomic E-state index is -0.513. The molecule has 0 N–H and O–H groups in total. The second-order valence-electron chi connectivity index (χ2n) is 6.53. The Hall–Kier alpha value is -3.76. The number of esters is 1. The van der Waals surface area contributed by atoms with Gasteiger partial charge in [-0.2, -0.15) is 0 Å². The second-order valence-corrected chi connectivity index (χ2v) is 8.21. The van der Waals surface area contributed by atoms with Crippen LogP contribution < -0.4 is 4.90 Å². The summed E-state index contributed by atoms with van der Waals surface area (Å²) in [6, 6.07) is 15.8. The molecule has 0 unspecified atom stereocenters. The fourth-order valence-electron chi connectivity index (χ4n) is 3.10. The summed E-state index contributed by atoms with van der Waals surface area (Å²) in [6.45, 7) is 0. The van der Waals surface area contributed by atoms with Crippen LogP contribution in [0.2, 0.25) is 0 Å². The van der Waals surface area contributed by atoms with E-state index in [-0.39, 0.29) is 11.6 Å². The zero-order valence-electron chi connectivity index (χ0n) is 16.5. The number of methoxy groups -OCH3 is 1. The number of thiocarbonyl (C=S) groups is 1. The Kier molecular flexibility index (Phi) is 5.89. The SMILES string of the molecule is COC(=O)c1ccccc1-c1ccc(/C=C2/SC(=S)N(c3ccc([N+](=O)[O-])cc3)C2=O)o1. The van der Waals surface area contributed by atoms with Crippen LogP contribution in [0.4, 0.5) is 11.4 Å². The van der Waals surface area contributed by atoms with E-state index in [1.54, 1.807) is 42.5 Å². The van der Waals surface area contributed by atoms with Gasteiger partial charge < -0.3 is 9.15 Å². The van der Waals surface area contributed by atoms with Gasteiger partial charge in [0.05, 0.1) is 28.2 Å². The zero-order chi connectivity index (χ0) is 22.8. The molecular formula is C22H14N2O6S2. The fraction of sp³-hybridized carbons (Fsp3) is 0.0455. The van der Waals surface area contributed by atoms with Crippen LogP contribution in [0.25, 0.3) is 17.4 Å². The molecule has 0 spiro atoms. The van der Waals surface area contributed by atoms with E-state index >= 15 is 0 Å². The van der Waals surface area contributed by atoms with E-state index in [0.717, 1.165) is 11.8 Å². The maximum Gasteiger partial charge on any atom is 0.338 e. The Morgan fingerprint density at radius 1 is 1.16 bits per heavy atom. The number of hydrogen-bond donors (Lipinski definition) is 0. The van der Waals surface area contributed by atoms with Crippen LogP contribution in [-0.2, 0) is 9.53 Å². The van der Waals surface area contributed by atoms with Gasteiger partial charge in [0.2, 0.25) is 0 Å². The van der Waals surface area contributed by atoms with Gasteiger partial charge in [0.15, 0.2) is 4.32 Å². The Morgan fingerprint density at radius 2 is 1.88 bits per heavy atom. The number of benzene rings is 2. The van der Waals surface area contributed by atoms with Crippen molar-refractivity contribution in [2.45, 2.75) is 0 Å². The molecular weight excluding hydrogens is 452 g/mol. The summed E-state index contributed by atoms with van der Waals surface area (Å²) in [5.41, 5.74) is 1.29. The van der Waals surface area contributed by atoms with Gasteiger partial charge in [0, 0.05) is 23.8 Å². The van der Waals surface area contributed by atoms with Crippen molar-refractivity contribution in [3.63, 3.8) is 0 Å². The molecule has 1 aliphatic heterocycles. The highest BCUT2D eigenvalue weighted by Gasteiger charge is 2.33. The number of furan rings is 1. The van der Waals surface area contributed by atoms with Gasteiger partial charge in [-0.3, -0.25) is 19.8 Å². The maximum atomic E-state index is 12.9. The summed E-state index contributed by atoms with van der Waals surface area (Å²) in [4.78, 5) is 36.9. The Bertz CT molecular complexity index is 1280. The first-order chi connectivity index (χ1) is 15.4. The predicted molar refractivity (Wildman–Crippen MR) is 124 cm³/mol. The van der Waals surface area contributed by atoms with E-state index in [4.69, 9.17) is 21.4 Å². The van der Waals surface area contributed by atoms with Crippen LogP contribution in [0.1, 0.15) is 16.1 Å². The zero-order valence-corrected chi connectivity index (χ0v) is 18.1. The van der Waals surface area contributed by atoms with Gasteiger partial charge >= 0.3 is 5.97 Å². The molecule has 2 heterocycles. The fourth-order valence-corrected chi connectivity index (χ4v) is 4.38. The minimum Gasteiger partial charge on any atom is -0.465 e. The lowest BCUT2D eigenvalue weighted by atomic mass is 10.1. The number of nitro benzene ring substituents is 1.